The summed E-state index contributed by atoms with van der Waals surface area (Å²) in [5, 5.41) is 19.7. The van der Waals surface area contributed by atoms with Gasteiger partial charge in [-0.15, -0.1) is 0 Å². The quantitative estimate of drug-likeness (QED) is 0.864. The van der Waals surface area contributed by atoms with E-state index in [-0.39, 0.29) is 12.4 Å². The lowest BCUT2D eigenvalue weighted by molar-refractivity contribution is -0.0629. The van der Waals surface area contributed by atoms with Gasteiger partial charge in [-0.05, 0) is 26.0 Å². The maximum Gasteiger partial charge on any atom is 0.131 e. The molecule has 1 atom stereocenters. The van der Waals surface area contributed by atoms with Gasteiger partial charge in [-0.2, -0.15) is 0 Å². The van der Waals surface area contributed by atoms with Crippen molar-refractivity contribution in [2.45, 2.75) is 32.1 Å². The SMILES string of the molecule is CC(C)(O)C(O)CN1CCOc2cccc(F)c2C1. The van der Waals surface area contributed by atoms with Gasteiger partial charge in [0.25, 0.3) is 0 Å². The van der Waals surface area contributed by atoms with Crippen molar-refractivity contribution in [1.29, 1.82) is 0 Å². The van der Waals surface area contributed by atoms with Crippen molar-refractivity contribution >= 4 is 0 Å². The Labute approximate surface area is 112 Å². The summed E-state index contributed by atoms with van der Waals surface area (Å²) in [5.74, 6) is 0.252. The molecule has 0 aromatic heterocycles. The van der Waals surface area contributed by atoms with Gasteiger partial charge < -0.3 is 14.9 Å². The number of fused-ring (bicyclic) bond motifs is 1. The number of rotatable bonds is 3. The van der Waals surface area contributed by atoms with E-state index in [1.165, 1.54) is 6.07 Å². The Balaban J connectivity index is 2.12. The molecule has 2 rings (SSSR count). The Morgan fingerprint density at radius 1 is 1.47 bits per heavy atom. The van der Waals surface area contributed by atoms with E-state index in [2.05, 4.69) is 0 Å². The smallest absolute Gasteiger partial charge is 0.131 e. The molecule has 1 aromatic carbocycles. The minimum atomic E-state index is -1.18. The van der Waals surface area contributed by atoms with E-state index in [0.717, 1.165) is 0 Å². The second-order valence-electron chi connectivity index (χ2n) is 5.47. The lowest BCUT2D eigenvalue weighted by atomic mass is 10.0. The fourth-order valence-electron chi connectivity index (χ4n) is 2.04. The summed E-state index contributed by atoms with van der Waals surface area (Å²) >= 11 is 0. The Hall–Kier alpha value is -1.17. The van der Waals surface area contributed by atoms with E-state index in [1.54, 1.807) is 26.0 Å². The lowest BCUT2D eigenvalue weighted by Gasteiger charge is -2.29. The summed E-state index contributed by atoms with van der Waals surface area (Å²) < 4.78 is 19.3. The number of nitrogens with zero attached hydrogens (tertiary/aromatic N) is 1. The maximum absolute atomic E-state index is 13.8. The molecular formula is C14H20FNO3. The largest absolute Gasteiger partial charge is 0.492 e. The van der Waals surface area contributed by atoms with Crippen LogP contribution in [0.4, 0.5) is 4.39 Å². The molecule has 0 saturated heterocycles. The number of aliphatic hydroxyl groups excluding tert-OH is 1. The zero-order chi connectivity index (χ0) is 14.0. The number of hydrogen-bond acceptors (Lipinski definition) is 4. The summed E-state index contributed by atoms with van der Waals surface area (Å²) in [7, 11) is 0. The van der Waals surface area contributed by atoms with E-state index in [1.807, 2.05) is 4.90 Å². The fourth-order valence-corrected chi connectivity index (χ4v) is 2.04. The molecular weight excluding hydrogens is 249 g/mol. The third kappa shape index (κ3) is 3.43. The third-order valence-corrected chi connectivity index (χ3v) is 3.37. The van der Waals surface area contributed by atoms with Crippen LogP contribution in [-0.4, -0.2) is 46.5 Å². The summed E-state index contributed by atoms with van der Waals surface area (Å²) in [6.45, 7) is 4.78. The molecule has 1 heterocycles. The first-order chi connectivity index (χ1) is 8.88. The molecule has 1 aliphatic heterocycles. The van der Waals surface area contributed by atoms with Crippen molar-refractivity contribution in [2.75, 3.05) is 19.7 Å². The second-order valence-corrected chi connectivity index (χ2v) is 5.47. The van der Waals surface area contributed by atoms with E-state index < -0.39 is 11.7 Å². The minimum absolute atomic E-state index is 0.278. The van der Waals surface area contributed by atoms with Crippen LogP contribution in [-0.2, 0) is 6.54 Å². The molecule has 19 heavy (non-hydrogen) atoms. The van der Waals surface area contributed by atoms with Gasteiger partial charge in [0.15, 0.2) is 0 Å². The molecule has 2 N–H and O–H groups in total. The van der Waals surface area contributed by atoms with Crippen molar-refractivity contribution < 1.29 is 19.3 Å². The van der Waals surface area contributed by atoms with Gasteiger partial charge in [0.05, 0.1) is 11.7 Å². The monoisotopic (exact) mass is 269 g/mol. The zero-order valence-electron chi connectivity index (χ0n) is 11.3. The highest BCUT2D eigenvalue weighted by Gasteiger charge is 2.28. The first kappa shape index (κ1) is 14.2. The molecule has 0 spiro atoms. The van der Waals surface area contributed by atoms with Gasteiger partial charge in [-0.25, -0.2) is 4.39 Å². The molecule has 0 fully saturated rings. The summed E-state index contributed by atoms with van der Waals surface area (Å²) in [4.78, 5) is 1.89. The van der Waals surface area contributed by atoms with Gasteiger partial charge in [-0.1, -0.05) is 6.07 Å². The fraction of sp³-hybridized carbons (Fsp3) is 0.571. The van der Waals surface area contributed by atoms with E-state index in [0.29, 0.717) is 31.0 Å². The van der Waals surface area contributed by atoms with Gasteiger partial charge in [0.2, 0.25) is 0 Å². The molecule has 4 nitrogen and oxygen atoms in total. The molecule has 0 amide bonds. The number of benzene rings is 1. The molecule has 1 aromatic rings. The van der Waals surface area contributed by atoms with Crippen LogP contribution in [0.1, 0.15) is 19.4 Å². The Kier molecular flexibility index (Phi) is 4.08. The molecule has 0 saturated carbocycles. The minimum Gasteiger partial charge on any atom is -0.492 e. The highest BCUT2D eigenvalue weighted by molar-refractivity contribution is 5.35. The van der Waals surface area contributed by atoms with E-state index in [4.69, 9.17) is 4.74 Å². The van der Waals surface area contributed by atoms with Crippen LogP contribution in [0.15, 0.2) is 18.2 Å². The molecule has 0 aliphatic carbocycles. The standard InChI is InChI=1S/C14H20FNO3/c1-14(2,18)13(17)9-16-6-7-19-12-5-3-4-11(15)10(12)8-16/h3-5,13,17-18H,6-9H2,1-2H3. The van der Waals surface area contributed by atoms with Crippen molar-refractivity contribution in [2.24, 2.45) is 0 Å². The van der Waals surface area contributed by atoms with Crippen LogP contribution in [0.3, 0.4) is 0 Å². The van der Waals surface area contributed by atoms with E-state index >= 15 is 0 Å². The number of ether oxygens (including phenoxy) is 1. The number of aliphatic hydroxyl groups is 2. The number of hydrogen-bond donors (Lipinski definition) is 2. The van der Waals surface area contributed by atoms with Crippen LogP contribution in [0.2, 0.25) is 0 Å². The first-order valence-electron chi connectivity index (χ1n) is 6.41. The molecule has 1 unspecified atom stereocenters. The van der Waals surface area contributed by atoms with Gasteiger partial charge >= 0.3 is 0 Å². The molecule has 0 radical (unpaired) electrons. The predicted octanol–water partition coefficient (Wildman–Crippen LogP) is 1.15. The maximum atomic E-state index is 13.8. The second kappa shape index (κ2) is 5.45. The zero-order valence-corrected chi connectivity index (χ0v) is 11.3. The topological polar surface area (TPSA) is 52.9 Å². The van der Waals surface area contributed by atoms with Gasteiger partial charge in [-0.3, -0.25) is 4.90 Å². The first-order valence-corrected chi connectivity index (χ1v) is 6.41. The van der Waals surface area contributed by atoms with Crippen molar-refractivity contribution in [3.63, 3.8) is 0 Å². The Bertz CT molecular complexity index is 445. The summed E-state index contributed by atoms with van der Waals surface area (Å²) in [6.07, 6.45) is -0.888. The predicted molar refractivity (Wildman–Crippen MR) is 69.5 cm³/mol. The molecule has 0 bridgehead atoms. The number of β-amino-alcohol motifs (C(OH)–C–C–N with tert-alkyl or cyclic N) is 1. The van der Waals surface area contributed by atoms with E-state index in [9.17, 15) is 14.6 Å². The van der Waals surface area contributed by atoms with Crippen molar-refractivity contribution in [3.8, 4) is 5.75 Å². The third-order valence-electron chi connectivity index (χ3n) is 3.37. The average molecular weight is 269 g/mol. The van der Waals surface area contributed by atoms with Crippen molar-refractivity contribution in [1.82, 2.24) is 4.90 Å². The van der Waals surface area contributed by atoms with Gasteiger partial charge in [0.1, 0.15) is 18.2 Å². The highest BCUT2D eigenvalue weighted by Crippen LogP contribution is 2.26. The average Bonchev–Trinajstić information content (AvgIpc) is 2.51. The highest BCUT2D eigenvalue weighted by atomic mass is 19.1. The summed E-state index contributed by atoms with van der Waals surface area (Å²) in [6, 6.07) is 4.77. The molecule has 1 aliphatic rings. The van der Waals surface area contributed by atoms with Crippen LogP contribution in [0, 0.1) is 5.82 Å². The van der Waals surface area contributed by atoms with Crippen LogP contribution in [0.5, 0.6) is 5.75 Å². The Morgan fingerprint density at radius 3 is 2.89 bits per heavy atom. The van der Waals surface area contributed by atoms with Crippen LogP contribution >= 0.6 is 0 Å². The van der Waals surface area contributed by atoms with Crippen molar-refractivity contribution in [3.05, 3.63) is 29.6 Å². The van der Waals surface area contributed by atoms with Crippen LogP contribution in [0.25, 0.3) is 0 Å². The normalized spacial score (nSPS) is 18.4. The summed E-state index contributed by atoms with van der Waals surface area (Å²) in [5.41, 5.74) is -0.673. The Morgan fingerprint density at radius 2 is 2.21 bits per heavy atom. The molecule has 5 heteroatoms. The lowest BCUT2D eigenvalue weighted by Crippen LogP contribution is -2.45. The van der Waals surface area contributed by atoms with Gasteiger partial charge in [0, 0.05) is 25.2 Å². The molecule has 106 valence electrons. The van der Waals surface area contributed by atoms with Crippen LogP contribution < -0.4 is 4.74 Å². The number of halogens is 1.